The number of nitrogen functional groups attached to an aromatic ring is 1. The van der Waals surface area contributed by atoms with Crippen LogP contribution >= 0.6 is 12.6 Å². The molecule has 1 aliphatic rings. The van der Waals surface area contributed by atoms with Crippen molar-refractivity contribution in [2.24, 2.45) is 5.73 Å². The maximum Gasteiger partial charge on any atom is 0.125 e. The number of aromatic nitrogens is 2. The van der Waals surface area contributed by atoms with Gasteiger partial charge in [0.15, 0.2) is 0 Å². The van der Waals surface area contributed by atoms with Gasteiger partial charge in [-0.3, -0.25) is 0 Å². The first-order valence-electron chi connectivity index (χ1n) is 14.5. The predicted molar refractivity (Wildman–Crippen MR) is 191 cm³/mol. The van der Waals surface area contributed by atoms with Crippen molar-refractivity contribution in [3.63, 3.8) is 0 Å². The Hall–Kier alpha value is -3.05. The van der Waals surface area contributed by atoms with Gasteiger partial charge in [-0.2, -0.15) is 12.6 Å². The van der Waals surface area contributed by atoms with Crippen molar-refractivity contribution in [3.8, 4) is 11.1 Å². The van der Waals surface area contributed by atoms with Crippen molar-refractivity contribution in [2.45, 2.75) is 99.8 Å². The van der Waals surface area contributed by atoms with Gasteiger partial charge >= 0.3 is 0 Å². The molecule has 5 heteroatoms. The van der Waals surface area contributed by atoms with Crippen LogP contribution in [0.2, 0.25) is 0 Å². The van der Waals surface area contributed by atoms with E-state index < -0.39 is 0 Å². The molecule has 0 atom stereocenters. The third-order valence-corrected chi connectivity index (χ3v) is 5.68. The number of thiol groups is 1. The molecule has 4 nitrogen and oxygen atoms in total. The molecule has 4 rings (SSSR count). The lowest BCUT2D eigenvalue weighted by Gasteiger charge is -2.06. The summed E-state index contributed by atoms with van der Waals surface area (Å²) < 4.78 is 0. The Kier molecular flexibility index (Phi) is 31.0. The summed E-state index contributed by atoms with van der Waals surface area (Å²) in [7, 11) is 0. The summed E-state index contributed by atoms with van der Waals surface area (Å²) in [6.07, 6.45) is 13.3. The van der Waals surface area contributed by atoms with Crippen LogP contribution in [0.1, 0.15) is 102 Å². The summed E-state index contributed by atoms with van der Waals surface area (Å²) in [6.45, 7) is 19.5. The van der Waals surface area contributed by atoms with E-state index >= 15 is 0 Å². The molecule has 0 bridgehead atoms. The largest absolute Gasteiger partial charge is 0.405 e. The second-order valence-electron chi connectivity index (χ2n) is 9.33. The highest BCUT2D eigenvalue weighted by atomic mass is 32.1. The standard InChI is InChI=1S/C19H19N3.C5H10.C4H10S.C3H8.C2H5N.C2H4.CH4/c1-13-11-19(22-14(2)21-13)12-15-3-5-16(6-4-15)17-7-9-18(20)10-8-17;1-2-4-5-3-1;1-2-3-4-5;1-3-2;1-2-3;1-2;/h3-11H,12,20H2,1-2H3;1-5H2;5H,2-4H2,1H3;3H2,1-2H3;2H,1,3H2;1-2H2;1H4. The van der Waals surface area contributed by atoms with Crippen LogP contribution in [0.5, 0.6) is 0 Å². The maximum atomic E-state index is 5.73. The van der Waals surface area contributed by atoms with Crippen LogP contribution in [-0.2, 0) is 6.42 Å². The van der Waals surface area contributed by atoms with Crippen molar-refractivity contribution in [3.05, 3.63) is 103 Å². The van der Waals surface area contributed by atoms with Gasteiger partial charge in [0.1, 0.15) is 5.82 Å². The minimum Gasteiger partial charge on any atom is -0.405 e. The molecule has 0 saturated heterocycles. The van der Waals surface area contributed by atoms with E-state index in [2.05, 4.69) is 93.1 Å². The number of aryl methyl sites for hydroxylation is 2. The normalized spacial score (nSPS) is 10.5. The average Bonchev–Trinajstić information content (AvgIpc) is 3.53. The van der Waals surface area contributed by atoms with Crippen LogP contribution in [-0.4, -0.2) is 15.7 Å². The molecule has 0 radical (unpaired) electrons. The molecule has 230 valence electrons. The first kappa shape index (κ1) is 42.4. The summed E-state index contributed by atoms with van der Waals surface area (Å²) in [5.41, 5.74) is 16.8. The Balaban J connectivity index is -0.000000625. The van der Waals surface area contributed by atoms with E-state index in [1.807, 2.05) is 44.2 Å². The molecular weight excluding hydrogens is 520 g/mol. The molecule has 1 aromatic heterocycles. The van der Waals surface area contributed by atoms with E-state index in [-0.39, 0.29) is 7.43 Å². The number of nitrogens with zero attached hydrogens (tertiary/aromatic N) is 2. The lowest BCUT2D eigenvalue weighted by Crippen LogP contribution is -1.98. The van der Waals surface area contributed by atoms with Crippen molar-refractivity contribution in [2.75, 3.05) is 11.5 Å². The SMILES string of the molecule is C.C1CCCC1.C=C.C=CN.CCC.CCCCS.Cc1cc(Cc2ccc(-c3ccc(N)cc3)cc2)nc(C)n1. The van der Waals surface area contributed by atoms with E-state index in [4.69, 9.17) is 5.73 Å². The third-order valence-electron chi connectivity index (χ3n) is 5.36. The molecular formula is C36H60N4S. The molecule has 0 spiro atoms. The number of hydrogen-bond acceptors (Lipinski definition) is 5. The van der Waals surface area contributed by atoms with Crippen LogP contribution in [0.15, 0.2) is 80.5 Å². The van der Waals surface area contributed by atoms with Crippen LogP contribution in [0, 0.1) is 13.8 Å². The molecule has 1 saturated carbocycles. The fourth-order valence-corrected chi connectivity index (χ4v) is 3.94. The van der Waals surface area contributed by atoms with Gasteiger partial charge in [-0.05, 0) is 67.1 Å². The number of unbranched alkanes of at least 4 members (excludes halogenated alkanes) is 1. The Morgan fingerprint density at radius 1 is 0.829 bits per heavy atom. The van der Waals surface area contributed by atoms with Gasteiger partial charge in [0.25, 0.3) is 0 Å². The Labute approximate surface area is 259 Å². The Bertz CT molecular complexity index is 952. The van der Waals surface area contributed by atoms with Crippen molar-refractivity contribution < 1.29 is 0 Å². The Morgan fingerprint density at radius 3 is 1.59 bits per heavy atom. The highest BCUT2D eigenvalue weighted by molar-refractivity contribution is 7.80. The molecule has 1 aliphatic carbocycles. The van der Waals surface area contributed by atoms with Gasteiger partial charge in [0, 0.05) is 23.5 Å². The molecule has 1 fully saturated rings. The minimum absolute atomic E-state index is 0. The summed E-state index contributed by atoms with van der Waals surface area (Å²) in [6, 6.07) is 18.6. The molecule has 2 aromatic carbocycles. The maximum absolute atomic E-state index is 5.73. The van der Waals surface area contributed by atoms with E-state index in [1.54, 1.807) is 0 Å². The third kappa shape index (κ3) is 23.4. The smallest absolute Gasteiger partial charge is 0.125 e. The summed E-state index contributed by atoms with van der Waals surface area (Å²) in [4.78, 5) is 8.81. The lowest BCUT2D eigenvalue weighted by molar-refractivity contribution is 0.886. The number of anilines is 1. The predicted octanol–water partition coefficient (Wildman–Crippen LogP) is 10.5. The van der Waals surface area contributed by atoms with E-state index in [9.17, 15) is 0 Å². The van der Waals surface area contributed by atoms with E-state index in [0.29, 0.717) is 0 Å². The zero-order valence-corrected chi connectivity index (χ0v) is 26.9. The summed E-state index contributed by atoms with van der Waals surface area (Å²) >= 11 is 4.00. The van der Waals surface area contributed by atoms with Crippen LogP contribution in [0.25, 0.3) is 11.1 Å². The molecule has 4 N–H and O–H groups in total. The van der Waals surface area contributed by atoms with Crippen molar-refractivity contribution in [1.29, 1.82) is 0 Å². The number of hydrogen-bond donors (Lipinski definition) is 3. The van der Waals surface area contributed by atoms with E-state index in [0.717, 1.165) is 35.1 Å². The van der Waals surface area contributed by atoms with Crippen molar-refractivity contribution in [1.82, 2.24) is 9.97 Å². The second-order valence-corrected chi connectivity index (χ2v) is 9.78. The molecule has 0 amide bonds. The number of benzene rings is 2. The minimum atomic E-state index is 0. The van der Waals surface area contributed by atoms with Gasteiger partial charge in [0.2, 0.25) is 0 Å². The molecule has 3 aromatic rings. The molecule has 0 unspecified atom stereocenters. The highest BCUT2D eigenvalue weighted by Crippen LogP contribution is 2.21. The second kappa shape index (κ2) is 29.9. The molecule has 1 heterocycles. The van der Waals surface area contributed by atoms with Gasteiger partial charge in [-0.15, -0.1) is 13.2 Å². The quantitative estimate of drug-likeness (QED) is 0.159. The number of nitrogens with two attached hydrogens (primary N) is 2. The van der Waals surface area contributed by atoms with Crippen molar-refractivity contribution >= 4 is 18.3 Å². The van der Waals surface area contributed by atoms with Crippen LogP contribution in [0.4, 0.5) is 5.69 Å². The Morgan fingerprint density at radius 2 is 1.24 bits per heavy atom. The fraction of sp³-hybridized carbons (Fsp3) is 0.444. The molecule has 41 heavy (non-hydrogen) atoms. The van der Waals surface area contributed by atoms with E-state index in [1.165, 1.54) is 74.3 Å². The van der Waals surface area contributed by atoms with Gasteiger partial charge in [-0.25, -0.2) is 9.97 Å². The fourth-order valence-electron chi connectivity index (χ4n) is 3.63. The van der Waals surface area contributed by atoms with Gasteiger partial charge < -0.3 is 11.5 Å². The van der Waals surface area contributed by atoms with Gasteiger partial charge in [-0.1, -0.05) is 116 Å². The first-order chi connectivity index (χ1) is 19.3. The summed E-state index contributed by atoms with van der Waals surface area (Å²) in [5.74, 6) is 1.87. The van der Waals surface area contributed by atoms with Crippen LogP contribution in [0.3, 0.4) is 0 Å². The molecule has 0 aliphatic heterocycles. The number of rotatable bonds is 5. The zero-order chi connectivity index (χ0) is 30.6. The lowest BCUT2D eigenvalue weighted by atomic mass is 10.0. The van der Waals surface area contributed by atoms with Crippen LogP contribution < -0.4 is 11.5 Å². The monoisotopic (exact) mass is 580 g/mol. The topological polar surface area (TPSA) is 77.8 Å². The zero-order valence-electron chi connectivity index (χ0n) is 26.0. The van der Waals surface area contributed by atoms with Gasteiger partial charge in [0.05, 0.1) is 0 Å². The highest BCUT2D eigenvalue weighted by Gasteiger charge is 2.03. The average molecular weight is 581 g/mol. The summed E-state index contributed by atoms with van der Waals surface area (Å²) in [5, 5.41) is 0. The first-order valence-corrected chi connectivity index (χ1v) is 15.2.